The van der Waals surface area contributed by atoms with Crippen molar-refractivity contribution >= 4 is 22.6 Å². The van der Waals surface area contributed by atoms with Crippen LogP contribution in [0.4, 0.5) is 0 Å². The highest BCUT2D eigenvalue weighted by molar-refractivity contribution is 6.31. The van der Waals surface area contributed by atoms with Crippen molar-refractivity contribution in [2.24, 2.45) is 0 Å². The summed E-state index contributed by atoms with van der Waals surface area (Å²) in [4.78, 5) is 8.33. The van der Waals surface area contributed by atoms with E-state index in [0.717, 1.165) is 11.0 Å². The van der Waals surface area contributed by atoms with Gasteiger partial charge in [0.1, 0.15) is 0 Å². The number of hydrogen-bond acceptors (Lipinski definition) is 3. The lowest BCUT2D eigenvalue weighted by molar-refractivity contribution is 0.397. The van der Waals surface area contributed by atoms with Crippen LogP contribution in [0.5, 0.6) is 5.88 Å². The number of hydrogen-bond donors (Lipinski definition) is 0. The average molecular weight is 195 g/mol. The van der Waals surface area contributed by atoms with Gasteiger partial charge >= 0.3 is 0 Å². The highest BCUT2D eigenvalue weighted by Gasteiger charge is 1.99. The van der Waals surface area contributed by atoms with E-state index in [2.05, 4.69) is 9.97 Å². The van der Waals surface area contributed by atoms with E-state index in [-0.39, 0.29) is 0 Å². The monoisotopic (exact) mass is 194 g/mol. The molecule has 1 aromatic carbocycles. The van der Waals surface area contributed by atoms with E-state index in [1.807, 2.05) is 6.07 Å². The number of halogens is 1. The Morgan fingerprint density at radius 3 is 2.92 bits per heavy atom. The maximum absolute atomic E-state index is 5.81. The van der Waals surface area contributed by atoms with Gasteiger partial charge in [0.25, 0.3) is 0 Å². The van der Waals surface area contributed by atoms with E-state index in [4.69, 9.17) is 16.3 Å². The van der Waals surface area contributed by atoms with Gasteiger partial charge in [0, 0.05) is 5.02 Å². The minimum absolute atomic E-state index is 0.495. The minimum atomic E-state index is 0.495. The molecular formula is C9H7ClN2O. The van der Waals surface area contributed by atoms with E-state index >= 15 is 0 Å². The molecule has 0 aliphatic heterocycles. The Bertz CT molecular complexity index is 445. The Morgan fingerprint density at radius 2 is 2.15 bits per heavy atom. The molecule has 0 bridgehead atoms. The van der Waals surface area contributed by atoms with Crippen LogP contribution in [-0.2, 0) is 0 Å². The van der Waals surface area contributed by atoms with Crippen LogP contribution in [-0.4, -0.2) is 17.1 Å². The number of ether oxygens (including phenoxy) is 1. The lowest BCUT2D eigenvalue weighted by Gasteiger charge is -2.00. The van der Waals surface area contributed by atoms with Crippen molar-refractivity contribution < 1.29 is 4.74 Å². The summed E-state index contributed by atoms with van der Waals surface area (Å²) >= 11 is 5.81. The van der Waals surface area contributed by atoms with Crippen LogP contribution in [0.2, 0.25) is 5.02 Å². The zero-order valence-electron chi connectivity index (χ0n) is 6.99. The molecule has 0 amide bonds. The summed E-state index contributed by atoms with van der Waals surface area (Å²) in [6, 6.07) is 5.36. The van der Waals surface area contributed by atoms with Gasteiger partial charge in [-0.3, -0.25) is 0 Å². The summed E-state index contributed by atoms with van der Waals surface area (Å²) in [6.07, 6.45) is 1.58. The van der Waals surface area contributed by atoms with Gasteiger partial charge < -0.3 is 4.74 Å². The summed E-state index contributed by atoms with van der Waals surface area (Å²) in [5, 5.41) is 0.648. The van der Waals surface area contributed by atoms with Crippen LogP contribution in [0.1, 0.15) is 0 Å². The second kappa shape index (κ2) is 3.18. The van der Waals surface area contributed by atoms with Crippen LogP contribution in [0.25, 0.3) is 11.0 Å². The van der Waals surface area contributed by atoms with Crippen LogP contribution in [0, 0.1) is 0 Å². The molecule has 0 atom stereocenters. The first-order chi connectivity index (χ1) is 6.29. The molecule has 66 valence electrons. The van der Waals surface area contributed by atoms with E-state index in [1.165, 1.54) is 0 Å². The highest BCUT2D eigenvalue weighted by atomic mass is 35.5. The summed E-state index contributed by atoms with van der Waals surface area (Å²) in [7, 11) is 1.56. The lowest BCUT2D eigenvalue weighted by atomic mass is 10.3. The zero-order chi connectivity index (χ0) is 9.26. The Labute approximate surface area is 80.3 Å². The topological polar surface area (TPSA) is 35.0 Å². The van der Waals surface area contributed by atoms with Gasteiger partial charge in [0.05, 0.1) is 24.3 Å². The quantitative estimate of drug-likeness (QED) is 0.699. The Morgan fingerprint density at radius 1 is 1.31 bits per heavy atom. The van der Waals surface area contributed by atoms with Crippen molar-refractivity contribution in [3.05, 3.63) is 29.4 Å². The molecule has 13 heavy (non-hydrogen) atoms. The normalized spacial score (nSPS) is 10.3. The second-order valence-corrected chi connectivity index (χ2v) is 2.98. The third-order valence-electron chi connectivity index (χ3n) is 1.69. The van der Waals surface area contributed by atoms with Gasteiger partial charge in [-0.15, -0.1) is 0 Å². The fourth-order valence-corrected chi connectivity index (χ4v) is 1.23. The molecule has 0 saturated heterocycles. The first-order valence-corrected chi connectivity index (χ1v) is 4.14. The summed E-state index contributed by atoms with van der Waals surface area (Å²) in [6.45, 7) is 0. The molecule has 0 unspecified atom stereocenters. The van der Waals surface area contributed by atoms with E-state index in [9.17, 15) is 0 Å². The van der Waals surface area contributed by atoms with E-state index in [1.54, 1.807) is 25.4 Å². The van der Waals surface area contributed by atoms with E-state index < -0.39 is 0 Å². The first kappa shape index (κ1) is 8.26. The number of methoxy groups -OCH3 is 1. The van der Waals surface area contributed by atoms with Gasteiger partial charge in [0.2, 0.25) is 5.88 Å². The first-order valence-electron chi connectivity index (χ1n) is 3.76. The fraction of sp³-hybridized carbons (Fsp3) is 0.111. The predicted molar refractivity (Wildman–Crippen MR) is 51.1 cm³/mol. The SMILES string of the molecule is COc1cnc2ccc(Cl)cc2n1. The second-order valence-electron chi connectivity index (χ2n) is 2.55. The minimum Gasteiger partial charge on any atom is -0.480 e. The molecule has 0 saturated carbocycles. The highest BCUT2D eigenvalue weighted by Crippen LogP contribution is 2.17. The number of benzene rings is 1. The predicted octanol–water partition coefficient (Wildman–Crippen LogP) is 2.29. The van der Waals surface area contributed by atoms with Gasteiger partial charge in [-0.1, -0.05) is 11.6 Å². The number of nitrogens with zero attached hydrogens (tertiary/aromatic N) is 2. The molecule has 0 aliphatic carbocycles. The molecular weight excluding hydrogens is 188 g/mol. The molecule has 3 nitrogen and oxygen atoms in total. The third kappa shape index (κ3) is 1.55. The van der Waals surface area contributed by atoms with Crippen molar-refractivity contribution in [2.45, 2.75) is 0 Å². The molecule has 0 N–H and O–H groups in total. The molecule has 2 rings (SSSR count). The van der Waals surface area contributed by atoms with Crippen molar-refractivity contribution in [2.75, 3.05) is 7.11 Å². The summed E-state index contributed by atoms with van der Waals surface area (Å²) in [5.74, 6) is 0.495. The Balaban J connectivity index is 2.68. The molecule has 0 fully saturated rings. The molecule has 0 radical (unpaired) electrons. The lowest BCUT2D eigenvalue weighted by Crippen LogP contribution is -1.89. The van der Waals surface area contributed by atoms with Gasteiger partial charge in [-0.05, 0) is 18.2 Å². The van der Waals surface area contributed by atoms with Crippen molar-refractivity contribution in [3.8, 4) is 5.88 Å². The molecule has 0 spiro atoms. The fourth-order valence-electron chi connectivity index (χ4n) is 1.07. The van der Waals surface area contributed by atoms with Crippen molar-refractivity contribution in [3.63, 3.8) is 0 Å². The van der Waals surface area contributed by atoms with Gasteiger partial charge in [-0.2, -0.15) is 0 Å². The van der Waals surface area contributed by atoms with Crippen molar-refractivity contribution in [1.82, 2.24) is 9.97 Å². The van der Waals surface area contributed by atoms with Crippen LogP contribution < -0.4 is 4.74 Å². The standard InChI is InChI=1S/C9H7ClN2O/c1-13-9-5-11-7-3-2-6(10)4-8(7)12-9/h2-5H,1H3. The Kier molecular flexibility index (Phi) is 2.02. The molecule has 2 aromatic rings. The van der Waals surface area contributed by atoms with Crippen LogP contribution in [0.3, 0.4) is 0 Å². The van der Waals surface area contributed by atoms with E-state index in [0.29, 0.717) is 10.9 Å². The smallest absolute Gasteiger partial charge is 0.232 e. The summed E-state index contributed by atoms with van der Waals surface area (Å²) in [5.41, 5.74) is 1.55. The van der Waals surface area contributed by atoms with Crippen LogP contribution in [0.15, 0.2) is 24.4 Å². The average Bonchev–Trinajstić information content (AvgIpc) is 2.16. The van der Waals surface area contributed by atoms with Crippen molar-refractivity contribution in [1.29, 1.82) is 0 Å². The maximum atomic E-state index is 5.81. The largest absolute Gasteiger partial charge is 0.480 e. The third-order valence-corrected chi connectivity index (χ3v) is 1.93. The number of fused-ring (bicyclic) bond motifs is 1. The zero-order valence-corrected chi connectivity index (χ0v) is 7.75. The maximum Gasteiger partial charge on any atom is 0.232 e. The van der Waals surface area contributed by atoms with Gasteiger partial charge in [-0.25, -0.2) is 9.97 Å². The molecule has 0 aliphatic rings. The Hall–Kier alpha value is -1.35. The number of rotatable bonds is 1. The number of aromatic nitrogens is 2. The molecule has 1 aromatic heterocycles. The molecule has 4 heteroatoms. The van der Waals surface area contributed by atoms with Gasteiger partial charge in [0.15, 0.2) is 0 Å². The summed E-state index contributed by atoms with van der Waals surface area (Å²) < 4.78 is 4.95. The molecule has 1 heterocycles. The van der Waals surface area contributed by atoms with Crippen LogP contribution >= 0.6 is 11.6 Å².